The molecule has 76 valence electrons. The summed E-state index contributed by atoms with van der Waals surface area (Å²) in [6.45, 7) is 0.174. The van der Waals surface area contributed by atoms with E-state index in [4.69, 9.17) is 9.47 Å². The van der Waals surface area contributed by atoms with Crippen molar-refractivity contribution in [2.24, 2.45) is 0 Å². The highest BCUT2D eigenvalue weighted by Crippen LogP contribution is 2.31. The Morgan fingerprint density at radius 2 is 1.85 bits per heavy atom. The van der Waals surface area contributed by atoms with E-state index in [9.17, 15) is 4.79 Å². The normalized spacial score (nSPS) is 21.4. The van der Waals surface area contributed by atoms with Gasteiger partial charge in [-0.25, -0.2) is 0 Å². The molecule has 3 nitrogen and oxygen atoms in total. The third-order valence-corrected chi connectivity index (χ3v) is 2.84. The molecule has 13 heavy (non-hydrogen) atoms. The molecule has 3 heteroatoms. The number of hydrogen-bond donors (Lipinski definition) is 0. The van der Waals surface area contributed by atoms with E-state index >= 15 is 0 Å². The Morgan fingerprint density at radius 3 is 2.31 bits per heavy atom. The van der Waals surface area contributed by atoms with E-state index in [1.54, 1.807) is 14.2 Å². The van der Waals surface area contributed by atoms with Gasteiger partial charge in [0.1, 0.15) is 12.2 Å². The van der Waals surface area contributed by atoms with Crippen LogP contribution in [0.15, 0.2) is 0 Å². The van der Waals surface area contributed by atoms with Gasteiger partial charge in [-0.2, -0.15) is 0 Å². The van der Waals surface area contributed by atoms with E-state index in [-0.39, 0.29) is 12.4 Å². The minimum Gasteiger partial charge on any atom is -0.377 e. The molecule has 1 aliphatic rings. The summed E-state index contributed by atoms with van der Waals surface area (Å²) in [4.78, 5) is 11.7. The van der Waals surface area contributed by atoms with E-state index in [1.165, 1.54) is 6.42 Å². The summed E-state index contributed by atoms with van der Waals surface area (Å²) >= 11 is 0. The van der Waals surface area contributed by atoms with Crippen molar-refractivity contribution in [2.75, 3.05) is 20.8 Å². The highest BCUT2D eigenvalue weighted by molar-refractivity contribution is 5.88. The van der Waals surface area contributed by atoms with Gasteiger partial charge in [-0.15, -0.1) is 0 Å². The molecule has 0 amide bonds. The Kier molecular flexibility index (Phi) is 3.88. The van der Waals surface area contributed by atoms with Crippen LogP contribution in [0, 0.1) is 0 Å². The lowest BCUT2D eigenvalue weighted by molar-refractivity contribution is -0.148. The van der Waals surface area contributed by atoms with E-state index < -0.39 is 5.60 Å². The molecule has 1 aliphatic carbocycles. The Hall–Kier alpha value is -0.410. The monoisotopic (exact) mass is 186 g/mol. The van der Waals surface area contributed by atoms with Crippen molar-refractivity contribution < 1.29 is 14.3 Å². The quantitative estimate of drug-likeness (QED) is 0.668. The number of rotatable bonds is 4. The zero-order valence-corrected chi connectivity index (χ0v) is 8.47. The molecule has 0 radical (unpaired) electrons. The van der Waals surface area contributed by atoms with Crippen molar-refractivity contribution in [3.05, 3.63) is 0 Å². The average molecular weight is 186 g/mol. The lowest BCUT2D eigenvalue weighted by atomic mass is 9.81. The average Bonchev–Trinajstić information content (AvgIpc) is 2.19. The van der Waals surface area contributed by atoms with Crippen LogP contribution in [-0.2, 0) is 14.3 Å². The molecule has 0 aliphatic heterocycles. The SMILES string of the molecule is COCC(=O)C1(OC)CCCCC1. The third-order valence-electron chi connectivity index (χ3n) is 2.84. The summed E-state index contributed by atoms with van der Waals surface area (Å²) in [5.41, 5.74) is -0.533. The van der Waals surface area contributed by atoms with Crippen LogP contribution in [-0.4, -0.2) is 32.2 Å². The van der Waals surface area contributed by atoms with E-state index in [1.807, 2.05) is 0 Å². The molecule has 0 aromatic heterocycles. The van der Waals surface area contributed by atoms with Crippen molar-refractivity contribution in [3.63, 3.8) is 0 Å². The van der Waals surface area contributed by atoms with Gasteiger partial charge < -0.3 is 9.47 Å². The molecule has 0 aromatic carbocycles. The second kappa shape index (κ2) is 4.72. The predicted octanol–water partition coefficient (Wildman–Crippen LogP) is 1.55. The summed E-state index contributed by atoms with van der Waals surface area (Å²) in [7, 11) is 3.17. The molecule has 0 N–H and O–H groups in total. The van der Waals surface area contributed by atoms with Crippen LogP contribution in [0.3, 0.4) is 0 Å². The van der Waals surface area contributed by atoms with Crippen LogP contribution >= 0.6 is 0 Å². The van der Waals surface area contributed by atoms with E-state index in [0.717, 1.165) is 25.7 Å². The van der Waals surface area contributed by atoms with Gasteiger partial charge in [-0.05, 0) is 12.8 Å². The van der Waals surface area contributed by atoms with Crippen molar-refractivity contribution in [1.29, 1.82) is 0 Å². The molecular weight excluding hydrogens is 168 g/mol. The lowest BCUT2D eigenvalue weighted by Gasteiger charge is -2.34. The zero-order chi connectivity index (χ0) is 9.73. The third kappa shape index (κ3) is 2.29. The second-order valence-electron chi connectivity index (χ2n) is 3.62. The van der Waals surface area contributed by atoms with Crippen molar-refractivity contribution in [3.8, 4) is 0 Å². The zero-order valence-electron chi connectivity index (χ0n) is 8.47. The number of methoxy groups -OCH3 is 2. The van der Waals surface area contributed by atoms with Gasteiger partial charge in [0, 0.05) is 14.2 Å². The fourth-order valence-electron chi connectivity index (χ4n) is 1.98. The lowest BCUT2D eigenvalue weighted by Crippen LogP contribution is -2.44. The van der Waals surface area contributed by atoms with Crippen LogP contribution in [0.2, 0.25) is 0 Å². The molecule has 0 atom stereocenters. The van der Waals surface area contributed by atoms with Gasteiger partial charge >= 0.3 is 0 Å². The largest absolute Gasteiger partial charge is 0.377 e. The van der Waals surface area contributed by atoms with Crippen molar-refractivity contribution in [2.45, 2.75) is 37.7 Å². The molecule has 0 heterocycles. The first-order valence-electron chi connectivity index (χ1n) is 4.82. The Balaban J connectivity index is 2.61. The molecule has 0 unspecified atom stereocenters. The first-order chi connectivity index (χ1) is 6.25. The van der Waals surface area contributed by atoms with Gasteiger partial charge in [0.15, 0.2) is 5.78 Å². The number of carbonyl (C=O) groups is 1. The summed E-state index contributed by atoms with van der Waals surface area (Å²) < 4.78 is 10.2. The molecule has 0 saturated heterocycles. The van der Waals surface area contributed by atoms with Gasteiger partial charge in [-0.1, -0.05) is 19.3 Å². The smallest absolute Gasteiger partial charge is 0.190 e. The summed E-state index contributed by atoms with van der Waals surface area (Å²) in [5.74, 6) is 0.0946. The number of carbonyl (C=O) groups excluding carboxylic acids is 1. The number of ether oxygens (including phenoxy) is 2. The summed E-state index contributed by atoms with van der Waals surface area (Å²) in [6.07, 6.45) is 5.09. The number of ketones is 1. The second-order valence-corrected chi connectivity index (χ2v) is 3.62. The van der Waals surface area contributed by atoms with Gasteiger partial charge in [0.05, 0.1) is 0 Å². The van der Waals surface area contributed by atoms with Crippen LogP contribution in [0.5, 0.6) is 0 Å². The molecule has 0 aromatic rings. The number of hydrogen-bond acceptors (Lipinski definition) is 3. The molecule has 1 rings (SSSR count). The van der Waals surface area contributed by atoms with Crippen LogP contribution in [0.1, 0.15) is 32.1 Å². The minimum atomic E-state index is -0.533. The maximum absolute atomic E-state index is 11.7. The first-order valence-corrected chi connectivity index (χ1v) is 4.82. The highest BCUT2D eigenvalue weighted by Gasteiger charge is 2.38. The predicted molar refractivity (Wildman–Crippen MR) is 49.7 cm³/mol. The van der Waals surface area contributed by atoms with Gasteiger partial charge in [0.25, 0.3) is 0 Å². The van der Waals surface area contributed by atoms with Gasteiger partial charge in [-0.3, -0.25) is 4.79 Å². The van der Waals surface area contributed by atoms with Crippen LogP contribution in [0.25, 0.3) is 0 Å². The fourth-order valence-corrected chi connectivity index (χ4v) is 1.98. The highest BCUT2D eigenvalue weighted by atomic mass is 16.5. The van der Waals surface area contributed by atoms with E-state index in [2.05, 4.69) is 0 Å². The maximum Gasteiger partial charge on any atom is 0.190 e. The Morgan fingerprint density at radius 1 is 1.23 bits per heavy atom. The van der Waals surface area contributed by atoms with E-state index in [0.29, 0.717) is 0 Å². The Labute approximate surface area is 79.4 Å². The summed E-state index contributed by atoms with van der Waals surface area (Å²) in [6, 6.07) is 0. The van der Waals surface area contributed by atoms with Crippen LogP contribution in [0.4, 0.5) is 0 Å². The van der Waals surface area contributed by atoms with Crippen molar-refractivity contribution >= 4 is 5.78 Å². The molecule has 0 spiro atoms. The molecule has 0 bridgehead atoms. The fraction of sp³-hybridized carbons (Fsp3) is 0.900. The molecular formula is C10H18O3. The topological polar surface area (TPSA) is 35.5 Å². The molecule has 1 saturated carbocycles. The summed E-state index contributed by atoms with van der Waals surface area (Å²) in [5, 5.41) is 0. The van der Waals surface area contributed by atoms with Crippen molar-refractivity contribution in [1.82, 2.24) is 0 Å². The van der Waals surface area contributed by atoms with Gasteiger partial charge in [0.2, 0.25) is 0 Å². The number of Topliss-reactive ketones (excluding diaryl/α,β-unsaturated/α-hetero) is 1. The standard InChI is InChI=1S/C10H18O3/c1-12-8-9(11)10(13-2)6-4-3-5-7-10/h3-8H2,1-2H3. The Bertz CT molecular complexity index is 171. The maximum atomic E-state index is 11.7. The van der Waals surface area contributed by atoms with Crippen LogP contribution < -0.4 is 0 Å². The first kappa shape index (κ1) is 10.7. The minimum absolute atomic E-state index is 0.0946. The molecule has 1 fully saturated rings.